The van der Waals surface area contributed by atoms with Crippen molar-refractivity contribution in [1.82, 2.24) is 15.8 Å². The third kappa shape index (κ3) is 3.84. The van der Waals surface area contributed by atoms with Gasteiger partial charge in [-0.1, -0.05) is 12.5 Å². The zero-order chi connectivity index (χ0) is 15.1. The van der Waals surface area contributed by atoms with Crippen LogP contribution in [0.5, 0.6) is 0 Å². The molecule has 0 spiro atoms. The Labute approximate surface area is 119 Å². The van der Waals surface area contributed by atoms with Crippen LogP contribution >= 0.6 is 0 Å². The van der Waals surface area contributed by atoms with E-state index in [-0.39, 0.29) is 11.5 Å². The van der Waals surface area contributed by atoms with E-state index >= 15 is 0 Å². The van der Waals surface area contributed by atoms with Crippen LogP contribution in [-0.2, 0) is 9.59 Å². The van der Waals surface area contributed by atoms with Crippen molar-refractivity contribution < 1.29 is 14.7 Å². The zero-order valence-electron chi connectivity index (χ0n) is 12.3. The first kappa shape index (κ1) is 16.2. The van der Waals surface area contributed by atoms with Gasteiger partial charge in [0.2, 0.25) is 5.78 Å². The molecule has 0 aliphatic carbocycles. The molecule has 0 radical (unpaired) electrons. The molecule has 1 aliphatic rings. The lowest BCUT2D eigenvalue weighted by Gasteiger charge is -2.28. The Balaban J connectivity index is 3.04. The third-order valence-corrected chi connectivity index (χ3v) is 3.27. The molecule has 0 unspecified atom stereocenters. The van der Waals surface area contributed by atoms with Crippen LogP contribution < -0.4 is 10.7 Å². The molecule has 6 heteroatoms. The summed E-state index contributed by atoms with van der Waals surface area (Å²) < 4.78 is 0. The Morgan fingerprint density at radius 1 is 1.40 bits per heavy atom. The number of allylic oxidation sites excluding steroid dienone is 2. The molecule has 1 aliphatic heterocycles. The first-order valence-electron chi connectivity index (χ1n) is 6.89. The topological polar surface area (TPSA) is 81.7 Å². The summed E-state index contributed by atoms with van der Waals surface area (Å²) in [5.74, 6) is -1.47. The maximum absolute atomic E-state index is 12.5. The van der Waals surface area contributed by atoms with Crippen molar-refractivity contribution in [3.63, 3.8) is 0 Å². The van der Waals surface area contributed by atoms with Crippen molar-refractivity contribution in [3.05, 3.63) is 23.1 Å². The van der Waals surface area contributed by atoms with Crippen LogP contribution in [0.2, 0.25) is 0 Å². The van der Waals surface area contributed by atoms with Gasteiger partial charge in [0, 0.05) is 26.3 Å². The molecule has 6 nitrogen and oxygen atoms in total. The van der Waals surface area contributed by atoms with Crippen LogP contribution in [0.15, 0.2) is 23.1 Å². The van der Waals surface area contributed by atoms with E-state index in [1.54, 1.807) is 14.0 Å². The van der Waals surface area contributed by atoms with Crippen molar-refractivity contribution in [2.24, 2.45) is 0 Å². The number of carbonyl (C=O) groups excluding carboxylic acids is 2. The number of rotatable bonds is 5. The van der Waals surface area contributed by atoms with E-state index in [0.717, 1.165) is 19.4 Å². The maximum Gasteiger partial charge on any atom is 0.272 e. The molecule has 0 bridgehead atoms. The molecule has 0 aromatic heterocycles. The number of aliphatic hydroxyl groups is 1. The summed E-state index contributed by atoms with van der Waals surface area (Å²) >= 11 is 0. The summed E-state index contributed by atoms with van der Waals surface area (Å²) in [4.78, 5) is 24.7. The van der Waals surface area contributed by atoms with Crippen LogP contribution in [0, 0.1) is 0 Å². The minimum absolute atomic E-state index is 0.0471. The Kier molecular flexibility index (Phi) is 6.24. The molecule has 20 heavy (non-hydrogen) atoms. The van der Waals surface area contributed by atoms with E-state index in [1.807, 2.05) is 6.92 Å². The van der Waals surface area contributed by atoms with Gasteiger partial charge in [-0.3, -0.25) is 14.6 Å². The molecule has 0 atom stereocenters. The van der Waals surface area contributed by atoms with Gasteiger partial charge in [-0.25, -0.2) is 5.43 Å². The SMILES string of the molecule is CC/C(C)=C(/C(=O)/C(O)=C\NC)C(=O)N1CCCCN1. The van der Waals surface area contributed by atoms with E-state index < -0.39 is 11.5 Å². The third-order valence-electron chi connectivity index (χ3n) is 3.27. The highest BCUT2D eigenvalue weighted by Gasteiger charge is 2.28. The van der Waals surface area contributed by atoms with Gasteiger partial charge in [0.05, 0.1) is 5.57 Å². The number of aliphatic hydroxyl groups excluding tert-OH is 1. The van der Waals surface area contributed by atoms with Crippen LogP contribution in [0.4, 0.5) is 0 Å². The van der Waals surface area contributed by atoms with E-state index in [4.69, 9.17) is 0 Å². The number of nitrogens with zero attached hydrogens (tertiary/aromatic N) is 1. The normalized spacial score (nSPS) is 17.6. The lowest BCUT2D eigenvalue weighted by Crippen LogP contribution is -2.48. The van der Waals surface area contributed by atoms with Gasteiger partial charge in [-0.15, -0.1) is 0 Å². The van der Waals surface area contributed by atoms with Gasteiger partial charge in [0.25, 0.3) is 5.91 Å². The molecule has 1 rings (SSSR count). The van der Waals surface area contributed by atoms with Gasteiger partial charge < -0.3 is 10.4 Å². The molecule has 1 saturated heterocycles. The van der Waals surface area contributed by atoms with Crippen LogP contribution in [0.3, 0.4) is 0 Å². The summed E-state index contributed by atoms with van der Waals surface area (Å²) in [6.07, 6.45) is 3.67. The molecular formula is C14H23N3O3. The number of carbonyl (C=O) groups is 2. The predicted octanol–water partition coefficient (Wildman–Crippen LogP) is 1.03. The summed E-state index contributed by atoms with van der Waals surface area (Å²) in [5, 5.41) is 13.7. The van der Waals surface area contributed by atoms with Gasteiger partial charge in [0.1, 0.15) is 0 Å². The molecule has 1 heterocycles. The number of nitrogens with one attached hydrogen (secondary N) is 2. The predicted molar refractivity (Wildman–Crippen MR) is 76.7 cm³/mol. The average Bonchev–Trinajstić information content (AvgIpc) is 2.48. The van der Waals surface area contributed by atoms with E-state index in [9.17, 15) is 14.7 Å². The molecule has 0 saturated carbocycles. The number of hydrazine groups is 1. The fourth-order valence-electron chi connectivity index (χ4n) is 1.98. The standard InChI is InChI=1S/C14H23N3O3/c1-4-10(2)12(13(19)11(18)9-15-3)14(20)17-8-6-5-7-16-17/h9,15-16,18H,4-8H2,1-3H3/b11-9+,12-10-. The monoisotopic (exact) mass is 281 g/mol. The fourth-order valence-corrected chi connectivity index (χ4v) is 1.98. The number of hydrogen-bond acceptors (Lipinski definition) is 5. The first-order chi connectivity index (χ1) is 9.52. The molecule has 3 N–H and O–H groups in total. The zero-order valence-corrected chi connectivity index (χ0v) is 12.3. The Bertz CT molecular complexity index is 435. The summed E-state index contributed by atoms with van der Waals surface area (Å²) in [6, 6.07) is 0. The lowest BCUT2D eigenvalue weighted by molar-refractivity contribution is -0.133. The second kappa shape index (κ2) is 7.69. The molecular weight excluding hydrogens is 258 g/mol. The Morgan fingerprint density at radius 2 is 2.10 bits per heavy atom. The molecule has 112 valence electrons. The fraction of sp³-hybridized carbons (Fsp3) is 0.571. The van der Waals surface area contributed by atoms with E-state index in [2.05, 4.69) is 10.7 Å². The van der Waals surface area contributed by atoms with Crippen LogP contribution in [-0.4, -0.2) is 41.9 Å². The molecule has 1 amide bonds. The highest BCUT2D eigenvalue weighted by Crippen LogP contribution is 2.16. The van der Waals surface area contributed by atoms with Crippen molar-refractivity contribution in [2.75, 3.05) is 20.1 Å². The minimum atomic E-state index is -0.643. The van der Waals surface area contributed by atoms with Crippen molar-refractivity contribution in [3.8, 4) is 0 Å². The minimum Gasteiger partial charge on any atom is -0.503 e. The number of hydrogen-bond donors (Lipinski definition) is 3. The maximum atomic E-state index is 12.5. The molecule has 1 fully saturated rings. The number of ketones is 1. The van der Waals surface area contributed by atoms with E-state index in [1.165, 1.54) is 11.2 Å². The van der Waals surface area contributed by atoms with Gasteiger partial charge in [-0.05, 0) is 26.2 Å². The van der Waals surface area contributed by atoms with E-state index in [0.29, 0.717) is 18.5 Å². The average molecular weight is 281 g/mol. The second-order valence-corrected chi connectivity index (χ2v) is 4.73. The molecule has 0 aromatic rings. The summed E-state index contributed by atoms with van der Waals surface area (Å²) in [7, 11) is 1.58. The Hall–Kier alpha value is -1.82. The van der Waals surface area contributed by atoms with Gasteiger partial charge in [-0.2, -0.15) is 0 Å². The van der Waals surface area contributed by atoms with Crippen LogP contribution in [0.25, 0.3) is 0 Å². The smallest absolute Gasteiger partial charge is 0.272 e. The van der Waals surface area contributed by atoms with Crippen LogP contribution in [0.1, 0.15) is 33.1 Å². The van der Waals surface area contributed by atoms with Crippen molar-refractivity contribution in [2.45, 2.75) is 33.1 Å². The van der Waals surface area contributed by atoms with Crippen molar-refractivity contribution >= 4 is 11.7 Å². The highest BCUT2D eigenvalue weighted by atomic mass is 16.3. The second-order valence-electron chi connectivity index (χ2n) is 4.73. The number of amides is 1. The largest absolute Gasteiger partial charge is 0.503 e. The van der Waals surface area contributed by atoms with Gasteiger partial charge in [0.15, 0.2) is 5.76 Å². The summed E-state index contributed by atoms with van der Waals surface area (Å²) in [6.45, 7) is 4.90. The van der Waals surface area contributed by atoms with Crippen molar-refractivity contribution in [1.29, 1.82) is 0 Å². The highest BCUT2D eigenvalue weighted by molar-refractivity contribution is 6.24. The lowest BCUT2D eigenvalue weighted by atomic mass is 10.0. The first-order valence-corrected chi connectivity index (χ1v) is 6.89. The quantitative estimate of drug-likeness (QED) is 0.303. The molecule has 0 aromatic carbocycles. The number of Topliss-reactive ketones (excluding diaryl/α,β-unsaturated/α-hetero) is 1. The summed E-state index contributed by atoms with van der Waals surface area (Å²) in [5.41, 5.74) is 3.70. The Morgan fingerprint density at radius 3 is 2.60 bits per heavy atom. The van der Waals surface area contributed by atoms with Gasteiger partial charge >= 0.3 is 0 Å².